The Bertz CT molecular complexity index is 1390. The van der Waals surface area contributed by atoms with Crippen molar-refractivity contribution in [2.75, 3.05) is 0 Å². The molecule has 2 N–H and O–H groups in total. The summed E-state index contributed by atoms with van der Waals surface area (Å²) in [5.74, 6) is -2.31. The summed E-state index contributed by atoms with van der Waals surface area (Å²) >= 11 is 3.12. The van der Waals surface area contributed by atoms with Crippen LogP contribution in [-0.2, 0) is 6.54 Å². The maximum atomic E-state index is 14.0. The van der Waals surface area contributed by atoms with E-state index in [4.69, 9.17) is 0 Å². The number of benzene rings is 3. The number of nitrogens with one attached hydrogen (secondary N) is 2. The number of hydrogen-bond donors (Lipinski definition) is 2. The lowest BCUT2D eigenvalue weighted by atomic mass is 10.1. The van der Waals surface area contributed by atoms with Crippen LogP contribution < -0.4 is 16.4 Å². The molecule has 2 amide bonds. The zero-order chi connectivity index (χ0) is 22.7. The Morgan fingerprint density at radius 1 is 0.906 bits per heavy atom. The van der Waals surface area contributed by atoms with Gasteiger partial charge in [0.1, 0.15) is 5.82 Å². The molecule has 0 unspecified atom stereocenters. The Kier molecular flexibility index (Phi) is 6.09. The number of aromatic nitrogens is 2. The van der Waals surface area contributed by atoms with Crippen molar-refractivity contribution in [3.8, 4) is 0 Å². The molecule has 32 heavy (non-hydrogen) atoms. The highest BCUT2D eigenvalue weighted by atomic mass is 79.9. The van der Waals surface area contributed by atoms with Gasteiger partial charge in [-0.25, -0.2) is 9.07 Å². The van der Waals surface area contributed by atoms with Crippen LogP contribution in [0.5, 0.6) is 0 Å². The van der Waals surface area contributed by atoms with E-state index >= 15 is 0 Å². The highest BCUT2D eigenvalue weighted by Gasteiger charge is 2.19. The molecule has 0 saturated carbocycles. The number of amides is 2. The van der Waals surface area contributed by atoms with Crippen molar-refractivity contribution in [2.24, 2.45) is 0 Å². The summed E-state index contributed by atoms with van der Waals surface area (Å²) < 4.78 is 15.7. The number of hydrogen-bond acceptors (Lipinski definition) is 4. The predicted octanol–water partition coefficient (Wildman–Crippen LogP) is 3.42. The first-order valence-corrected chi connectivity index (χ1v) is 10.3. The van der Waals surface area contributed by atoms with Crippen molar-refractivity contribution in [1.82, 2.24) is 20.6 Å². The third-order valence-corrected chi connectivity index (χ3v) is 5.22. The van der Waals surface area contributed by atoms with Gasteiger partial charge in [0.25, 0.3) is 17.4 Å². The van der Waals surface area contributed by atoms with Crippen LogP contribution in [0.15, 0.2) is 82.1 Å². The SMILES string of the molecule is O=C(NNC(=O)c1nn(Cc2ccccc2)c(=O)c2ccccc12)c1ccc(Br)cc1F. The molecule has 4 aromatic rings. The van der Waals surface area contributed by atoms with Crippen molar-refractivity contribution < 1.29 is 14.0 Å². The molecule has 0 fully saturated rings. The fraction of sp³-hybridized carbons (Fsp3) is 0.0435. The van der Waals surface area contributed by atoms with Gasteiger partial charge in [0, 0.05) is 9.86 Å². The number of rotatable bonds is 4. The van der Waals surface area contributed by atoms with Crippen molar-refractivity contribution >= 4 is 38.5 Å². The molecule has 0 spiro atoms. The first-order valence-electron chi connectivity index (χ1n) is 9.53. The molecule has 4 rings (SSSR count). The van der Waals surface area contributed by atoms with Crippen LogP contribution in [0.2, 0.25) is 0 Å². The average molecular weight is 495 g/mol. The van der Waals surface area contributed by atoms with Crippen LogP contribution in [-0.4, -0.2) is 21.6 Å². The van der Waals surface area contributed by atoms with E-state index in [-0.39, 0.29) is 23.4 Å². The molecule has 0 aliphatic rings. The lowest BCUT2D eigenvalue weighted by molar-refractivity contribution is 0.0841. The number of carbonyl (C=O) groups excluding carboxylic acids is 2. The third kappa shape index (κ3) is 4.42. The number of halogens is 2. The normalized spacial score (nSPS) is 10.7. The molecule has 0 bridgehead atoms. The molecule has 1 aromatic heterocycles. The smallest absolute Gasteiger partial charge is 0.267 e. The summed E-state index contributed by atoms with van der Waals surface area (Å²) in [4.78, 5) is 38.0. The number of carbonyl (C=O) groups is 2. The number of nitrogens with zero attached hydrogens (tertiary/aromatic N) is 2. The van der Waals surface area contributed by atoms with E-state index in [1.807, 2.05) is 30.3 Å². The summed E-state index contributed by atoms with van der Waals surface area (Å²) in [5.41, 5.74) is 4.64. The number of hydrazine groups is 1. The topological polar surface area (TPSA) is 93.1 Å². The monoisotopic (exact) mass is 494 g/mol. The minimum atomic E-state index is -0.828. The zero-order valence-corrected chi connectivity index (χ0v) is 18.1. The van der Waals surface area contributed by atoms with Gasteiger partial charge in [-0.2, -0.15) is 5.10 Å². The van der Waals surface area contributed by atoms with E-state index in [0.717, 1.165) is 11.6 Å². The first-order chi connectivity index (χ1) is 15.4. The Hall–Kier alpha value is -3.85. The van der Waals surface area contributed by atoms with E-state index in [1.54, 1.807) is 24.3 Å². The van der Waals surface area contributed by atoms with Gasteiger partial charge in [-0.05, 0) is 29.8 Å². The molecule has 160 valence electrons. The Morgan fingerprint density at radius 2 is 1.56 bits per heavy atom. The molecule has 7 nitrogen and oxygen atoms in total. The minimum Gasteiger partial charge on any atom is -0.267 e. The maximum Gasteiger partial charge on any atom is 0.290 e. The van der Waals surface area contributed by atoms with E-state index < -0.39 is 17.6 Å². The fourth-order valence-corrected chi connectivity index (χ4v) is 3.51. The van der Waals surface area contributed by atoms with Crippen LogP contribution in [0, 0.1) is 5.82 Å². The first kappa shape index (κ1) is 21.4. The van der Waals surface area contributed by atoms with Gasteiger partial charge < -0.3 is 0 Å². The maximum absolute atomic E-state index is 14.0. The largest absolute Gasteiger partial charge is 0.290 e. The lowest BCUT2D eigenvalue weighted by Gasteiger charge is -2.12. The van der Waals surface area contributed by atoms with Crippen LogP contribution in [0.4, 0.5) is 4.39 Å². The van der Waals surface area contributed by atoms with Crippen molar-refractivity contribution in [3.63, 3.8) is 0 Å². The molecule has 0 atom stereocenters. The van der Waals surface area contributed by atoms with Crippen LogP contribution in [0.25, 0.3) is 10.8 Å². The molecule has 9 heteroatoms. The van der Waals surface area contributed by atoms with Crippen LogP contribution in [0.3, 0.4) is 0 Å². The standard InChI is InChI=1S/C23H16BrFN4O3/c24-15-10-11-18(19(25)12-15)21(30)26-27-22(31)20-16-8-4-5-9-17(16)23(32)29(28-20)13-14-6-2-1-3-7-14/h1-12H,13H2,(H,26,30)(H,27,31). The lowest BCUT2D eigenvalue weighted by Crippen LogP contribution is -2.43. The zero-order valence-electron chi connectivity index (χ0n) is 16.5. The second kappa shape index (κ2) is 9.11. The molecular weight excluding hydrogens is 479 g/mol. The fourth-order valence-electron chi connectivity index (χ4n) is 3.18. The van der Waals surface area contributed by atoms with E-state index in [0.29, 0.717) is 15.2 Å². The summed E-state index contributed by atoms with van der Waals surface area (Å²) in [6, 6.07) is 19.7. The third-order valence-electron chi connectivity index (χ3n) is 4.72. The summed E-state index contributed by atoms with van der Waals surface area (Å²) in [7, 11) is 0. The van der Waals surface area contributed by atoms with Crippen molar-refractivity contribution in [1.29, 1.82) is 0 Å². The summed E-state index contributed by atoms with van der Waals surface area (Å²) in [6.45, 7) is 0.168. The molecule has 0 saturated heterocycles. The van der Waals surface area contributed by atoms with Gasteiger partial charge >= 0.3 is 0 Å². The van der Waals surface area contributed by atoms with E-state index in [1.165, 1.54) is 16.8 Å². The van der Waals surface area contributed by atoms with Gasteiger partial charge in [0.05, 0.1) is 17.5 Å². The second-order valence-corrected chi connectivity index (χ2v) is 7.79. The van der Waals surface area contributed by atoms with Crippen molar-refractivity contribution in [3.05, 3.63) is 110 Å². The second-order valence-electron chi connectivity index (χ2n) is 6.88. The quantitative estimate of drug-likeness (QED) is 0.425. The molecule has 0 aliphatic heterocycles. The van der Waals surface area contributed by atoms with Gasteiger partial charge in [0.15, 0.2) is 5.69 Å². The van der Waals surface area contributed by atoms with Crippen LogP contribution >= 0.6 is 15.9 Å². The highest BCUT2D eigenvalue weighted by Crippen LogP contribution is 2.16. The van der Waals surface area contributed by atoms with Gasteiger partial charge in [-0.1, -0.05) is 64.5 Å². The van der Waals surface area contributed by atoms with Gasteiger partial charge in [-0.15, -0.1) is 0 Å². The average Bonchev–Trinajstić information content (AvgIpc) is 2.80. The highest BCUT2D eigenvalue weighted by molar-refractivity contribution is 9.10. The van der Waals surface area contributed by atoms with Gasteiger partial charge in [-0.3, -0.25) is 25.2 Å². The van der Waals surface area contributed by atoms with E-state index in [2.05, 4.69) is 31.9 Å². The van der Waals surface area contributed by atoms with E-state index in [9.17, 15) is 18.8 Å². The number of fused-ring (bicyclic) bond motifs is 1. The molecule has 0 radical (unpaired) electrons. The summed E-state index contributed by atoms with van der Waals surface area (Å²) in [6.07, 6.45) is 0. The van der Waals surface area contributed by atoms with Gasteiger partial charge in [0.2, 0.25) is 0 Å². The Balaban J connectivity index is 1.64. The Labute approximate surface area is 190 Å². The minimum absolute atomic E-state index is 0.0484. The molecule has 1 heterocycles. The van der Waals surface area contributed by atoms with Crippen molar-refractivity contribution in [2.45, 2.75) is 6.54 Å². The summed E-state index contributed by atoms with van der Waals surface area (Å²) in [5, 5.41) is 4.89. The predicted molar refractivity (Wildman–Crippen MR) is 121 cm³/mol. The van der Waals surface area contributed by atoms with Crippen LogP contribution in [0.1, 0.15) is 26.4 Å². The molecule has 0 aliphatic carbocycles. The Morgan fingerprint density at radius 3 is 2.28 bits per heavy atom. The molecular formula is C23H16BrFN4O3. The molecule has 3 aromatic carbocycles.